The van der Waals surface area contributed by atoms with Gasteiger partial charge in [0.1, 0.15) is 17.1 Å². The van der Waals surface area contributed by atoms with Gasteiger partial charge in [-0.25, -0.2) is 9.97 Å². The zero-order valence-electron chi connectivity index (χ0n) is 14.2. The molecule has 0 aliphatic carbocycles. The number of rotatable bonds is 2. The van der Waals surface area contributed by atoms with Crippen LogP contribution in [-0.2, 0) is 0 Å². The van der Waals surface area contributed by atoms with Gasteiger partial charge in [-0.05, 0) is 31.9 Å². The summed E-state index contributed by atoms with van der Waals surface area (Å²) in [6, 6.07) is 3.62. The van der Waals surface area contributed by atoms with Gasteiger partial charge in [-0.15, -0.1) is 0 Å². The number of pyridine rings is 1. The van der Waals surface area contributed by atoms with E-state index in [2.05, 4.69) is 31.8 Å². The number of aromatic nitrogens is 4. The van der Waals surface area contributed by atoms with Gasteiger partial charge in [0.2, 0.25) is 5.95 Å². The second-order valence-electron chi connectivity index (χ2n) is 6.01. The first-order valence-corrected chi connectivity index (χ1v) is 7.65. The van der Waals surface area contributed by atoms with Gasteiger partial charge in [0, 0.05) is 42.8 Å². The minimum absolute atomic E-state index is 0.196. The smallest absolute Gasteiger partial charge is 0.221 e. The number of hydrogen-bond donors (Lipinski definition) is 2. The molecule has 0 aliphatic rings. The summed E-state index contributed by atoms with van der Waals surface area (Å²) in [6.07, 6.45) is 7.01. The Labute approximate surface area is 145 Å². The largest absolute Gasteiger partial charge is 0.378 e. The van der Waals surface area contributed by atoms with Crippen LogP contribution in [-0.4, -0.2) is 43.5 Å². The van der Waals surface area contributed by atoms with Gasteiger partial charge < -0.3 is 15.4 Å². The van der Waals surface area contributed by atoms with E-state index in [-0.39, 0.29) is 5.95 Å². The number of anilines is 1. The zero-order chi connectivity index (χ0) is 18.0. The van der Waals surface area contributed by atoms with Crippen molar-refractivity contribution in [2.24, 2.45) is 4.99 Å². The quantitative estimate of drug-likeness (QED) is 0.547. The van der Waals surface area contributed by atoms with Gasteiger partial charge >= 0.3 is 0 Å². The van der Waals surface area contributed by atoms with Gasteiger partial charge in [0.15, 0.2) is 0 Å². The van der Waals surface area contributed by atoms with E-state index < -0.39 is 5.60 Å². The van der Waals surface area contributed by atoms with Crippen molar-refractivity contribution in [1.82, 2.24) is 19.5 Å². The lowest BCUT2D eigenvalue weighted by molar-refractivity contribution is 0.143. The Hall–Kier alpha value is -3.24. The van der Waals surface area contributed by atoms with Crippen LogP contribution >= 0.6 is 0 Å². The maximum atomic E-state index is 9.77. The van der Waals surface area contributed by atoms with E-state index in [1.165, 1.54) is 0 Å². The van der Waals surface area contributed by atoms with Crippen LogP contribution in [0.4, 0.5) is 5.95 Å². The molecule has 0 unspecified atom stereocenters. The summed E-state index contributed by atoms with van der Waals surface area (Å²) in [5.74, 6) is 6.49. The van der Waals surface area contributed by atoms with Crippen LogP contribution in [0.1, 0.15) is 25.1 Å². The van der Waals surface area contributed by atoms with Crippen LogP contribution in [0.2, 0.25) is 0 Å². The van der Waals surface area contributed by atoms with Crippen molar-refractivity contribution in [3.63, 3.8) is 0 Å². The number of fused-ring (bicyclic) bond motifs is 1. The number of nitrogens with zero attached hydrogens (tertiary/aromatic N) is 5. The molecular formula is C18H18N6O. The molecule has 0 aliphatic heterocycles. The highest BCUT2D eigenvalue weighted by molar-refractivity contribution is 6.00. The predicted octanol–water partition coefficient (Wildman–Crippen LogP) is 1.57. The first-order valence-electron chi connectivity index (χ1n) is 7.65. The van der Waals surface area contributed by atoms with Gasteiger partial charge in [0.25, 0.3) is 0 Å². The Morgan fingerprint density at radius 3 is 2.84 bits per heavy atom. The fourth-order valence-corrected chi connectivity index (χ4v) is 2.36. The monoisotopic (exact) mass is 334 g/mol. The second kappa shape index (κ2) is 6.34. The molecule has 0 amide bonds. The Bertz CT molecular complexity index is 1020. The fraction of sp³-hybridized carbons (Fsp3) is 0.222. The summed E-state index contributed by atoms with van der Waals surface area (Å²) < 4.78 is 1.89. The predicted molar refractivity (Wildman–Crippen MR) is 97.8 cm³/mol. The lowest BCUT2D eigenvalue weighted by Crippen LogP contribution is -2.14. The molecule has 0 saturated heterocycles. The molecule has 7 heteroatoms. The van der Waals surface area contributed by atoms with E-state index in [0.29, 0.717) is 11.5 Å². The van der Waals surface area contributed by atoms with Crippen molar-refractivity contribution < 1.29 is 5.11 Å². The molecule has 0 aromatic carbocycles. The third-order valence-corrected chi connectivity index (χ3v) is 3.39. The van der Waals surface area contributed by atoms with Gasteiger partial charge in [0.05, 0.1) is 5.52 Å². The summed E-state index contributed by atoms with van der Waals surface area (Å²) in [7, 11) is 1.71. The van der Waals surface area contributed by atoms with E-state index >= 15 is 0 Å². The maximum Gasteiger partial charge on any atom is 0.221 e. The number of hydrogen-bond acceptors (Lipinski definition) is 6. The molecule has 3 aromatic rings. The third kappa shape index (κ3) is 3.65. The van der Waals surface area contributed by atoms with Crippen LogP contribution in [0.25, 0.3) is 16.7 Å². The van der Waals surface area contributed by atoms with Crippen molar-refractivity contribution in [3.05, 3.63) is 42.0 Å². The molecule has 0 atom stereocenters. The molecule has 3 heterocycles. The number of nitrogen functional groups attached to an aromatic ring is 1. The van der Waals surface area contributed by atoms with Crippen LogP contribution in [0.5, 0.6) is 0 Å². The second-order valence-corrected chi connectivity index (χ2v) is 6.01. The average molecular weight is 334 g/mol. The number of aliphatic imine (C=N–C) groups is 1. The third-order valence-electron chi connectivity index (χ3n) is 3.39. The highest BCUT2D eigenvalue weighted by Crippen LogP contribution is 2.23. The highest BCUT2D eigenvalue weighted by atomic mass is 16.3. The minimum atomic E-state index is -1.08. The van der Waals surface area contributed by atoms with Crippen LogP contribution in [0.3, 0.4) is 0 Å². The minimum Gasteiger partial charge on any atom is -0.378 e. The van der Waals surface area contributed by atoms with E-state index in [1.807, 2.05) is 16.8 Å². The van der Waals surface area contributed by atoms with Gasteiger partial charge in [-0.3, -0.25) is 4.99 Å². The van der Waals surface area contributed by atoms with Crippen molar-refractivity contribution in [3.8, 4) is 17.7 Å². The molecule has 0 radical (unpaired) electrons. The number of nitrogens with two attached hydrogens (primary N) is 1. The Balaban J connectivity index is 2.22. The summed E-state index contributed by atoms with van der Waals surface area (Å²) in [6.45, 7) is 3.25. The molecular weight excluding hydrogens is 316 g/mol. The molecule has 3 N–H and O–H groups in total. The van der Waals surface area contributed by atoms with E-state index in [0.717, 1.165) is 16.5 Å². The SMILES string of the molecule is C/N=C/c1cn(-c2ccnc(N)n2)c2cc(C#CC(C)(C)O)ncc12. The van der Waals surface area contributed by atoms with Crippen LogP contribution in [0, 0.1) is 11.8 Å². The fourth-order valence-electron chi connectivity index (χ4n) is 2.36. The maximum absolute atomic E-state index is 9.77. The normalized spacial score (nSPS) is 11.7. The van der Waals surface area contributed by atoms with Crippen LogP contribution in [0.15, 0.2) is 35.7 Å². The Kier molecular flexibility index (Phi) is 4.21. The van der Waals surface area contributed by atoms with E-state index in [4.69, 9.17) is 5.73 Å². The van der Waals surface area contributed by atoms with Crippen molar-refractivity contribution in [2.45, 2.75) is 19.4 Å². The molecule has 3 aromatic heterocycles. The van der Waals surface area contributed by atoms with Crippen molar-refractivity contribution in [1.29, 1.82) is 0 Å². The lowest BCUT2D eigenvalue weighted by atomic mass is 10.1. The summed E-state index contributed by atoms with van der Waals surface area (Å²) in [5.41, 5.74) is 6.95. The summed E-state index contributed by atoms with van der Waals surface area (Å²) in [5, 5.41) is 10.7. The van der Waals surface area contributed by atoms with E-state index in [1.54, 1.807) is 45.6 Å². The zero-order valence-corrected chi connectivity index (χ0v) is 14.2. The Morgan fingerprint density at radius 1 is 1.36 bits per heavy atom. The van der Waals surface area contributed by atoms with Crippen molar-refractivity contribution >= 4 is 23.1 Å². The highest BCUT2D eigenvalue weighted by Gasteiger charge is 2.12. The first-order chi connectivity index (χ1) is 11.9. The number of aliphatic hydroxyl groups is 1. The molecule has 0 fully saturated rings. The molecule has 0 bridgehead atoms. The average Bonchev–Trinajstić information content (AvgIpc) is 2.91. The summed E-state index contributed by atoms with van der Waals surface area (Å²) in [4.78, 5) is 16.6. The van der Waals surface area contributed by atoms with Crippen molar-refractivity contribution in [2.75, 3.05) is 12.8 Å². The lowest BCUT2D eigenvalue weighted by Gasteiger charge is -2.06. The molecule has 0 saturated carbocycles. The molecule has 7 nitrogen and oxygen atoms in total. The molecule has 126 valence electrons. The Morgan fingerprint density at radius 2 is 2.16 bits per heavy atom. The first kappa shape index (κ1) is 16.6. The van der Waals surface area contributed by atoms with Gasteiger partial charge in [-0.1, -0.05) is 5.92 Å². The van der Waals surface area contributed by atoms with E-state index in [9.17, 15) is 5.11 Å². The van der Waals surface area contributed by atoms with Crippen LogP contribution < -0.4 is 5.73 Å². The molecule has 25 heavy (non-hydrogen) atoms. The topological polar surface area (TPSA) is 102 Å². The summed E-state index contributed by atoms with van der Waals surface area (Å²) >= 11 is 0. The van der Waals surface area contributed by atoms with Gasteiger partial charge in [-0.2, -0.15) is 4.98 Å². The standard InChI is InChI=1S/C18H18N6O/c1-18(2,25)6-4-13-8-15-14(10-22-13)12(9-20-3)11-24(15)16-5-7-21-17(19)23-16/h5,7-11,25H,1-3H3,(H2,19,21,23)/b20-9+. The molecule has 0 spiro atoms. The molecule has 3 rings (SSSR count).